The predicted octanol–water partition coefficient (Wildman–Crippen LogP) is 2.07. The lowest BCUT2D eigenvalue weighted by Gasteiger charge is -2.37. The molecule has 4 nitrogen and oxygen atoms in total. The normalized spacial score (nSPS) is 25.4. The van der Waals surface area contributed by atoms with Crippen molar-refractivity contribution >= 4 is 11.5 Å². The molecule has 0 spiro atoms. The van der Waals surface area contributed by atoms with Gasteiger partial charge in [-0.25, -0.2) is 9.97 Å². The van der Waals surface area contributed by atoms with Gasteiger partial charge in [0.25, 0.3) is 0 Å². The number of nitrogens with zero attached hydrogens (tertiary/aromatic N) is 3. The zero-order valence-electron chi connectivity index (χ0n) is 10.1. The third-order valence-electron chi connectivity index (χ3n) is 3.62. The molecule has 1 aliphatic rings. The number of nitrogens with two attached hydrogens (primary N) is 1. The first-order chi connectivity index (χ1) is 7.70. The number of hydrogen-bond donors (Lipinski definition) is 1. The summed E-state index contributed by atoms with van der Waals surface area (Å²) in [4.78, 5) is 10.4. The molecule has 0 aliphatic heterocycles. The summed E-state index contributed by atoms with van der Waals surface area (Å²) in [7, 11) is 2.09. The average Bonchev–Trinajstić information content (AvgIpc) is 2.29. The average molecular weight is 220 g/mol. The standard InChI is InChI=1S/C12H20N4/c1-9-5-3-4-6-11(9)16(2)12-10(13)7-14-8-15-12/h7-9,11H,3-6,13H2,1-2H3. The van der Waals surface area contributed by atoms with Crippen LogP contribution in [0.4, 0.5) is 11.5 Å². The third-order valence-corrected chi connectivity index (χ3v) is 3.62. The molecule has 0 amide bonds. The van der Waals surface area contributed by atoms with Gasteiger partial charge in [-0.3, -0.25) is 0 Å². The number of rotatable bonds is 2. The van der Waals surface area contributed by atoms with E-state index in [1.807, 2.05) is 0 Å². The van der Waals surface area contributed by atoms with Crippen LogP contribution in [0.1, 0.15) is 32.6 Å². The van der Waals surface area contributed by atoms with E-state index in [1.165, 1.54) is 25.7 Å². The molecule has 0 bridgehead atoms. The maximum atomic E-state index is 5.91. The Morgan fingerprint density at radius 1 is 1.38 bits per heavy atom. The largest absolute Gasteiger partial charge is 0.394 e. The van der Waals surface area contributed by atoms with Gasteiger partial charge in [-0.05, 0) is 18.8 Å². The fourth-order valence-electron chi connectivity index (χ4n) is 2.66. The fraction of sp³-hybridized carbons (Fsp3) is 0.667. The molecule has 1 saturated carbocycles. The molecule has 1 aromatic heterocycles. The lowest BCUT2D eigenvalue weighted by atomic mass is 9.85. The summed E-state index contributed by atoms with van der Waals surface area (Å²) in [6, 6.07) is 0.561. The summed E-state index contributed by atoms with van der Waals surface area (Å²) in [5.74, 6) is 1.59. The van der Waals surface area contributed by atoms with Gasteiger partial charge in [-0.15, -0.1) is 0 Å². The zero-order chi connectivity index (χ0) is 11.5. The van der Waals surface area contributed by atoms with Gasteiger partial charge in [0.15, 0.2) is 5.82 Å². The van der Waals surface area contributed by atoms with Crippen LogP contribution in [0, 0.1) is 5.92 Å². The molecule has 0 saturated heterocycles. The molecule has 1 aromatic rings. The summed E-state index contributed by atoms with van der Waals surface area (Å²) in [6.45, 7) is 2.32. The molecule has 2 atom stereocenters. The smallest absolute Gasteiger partial charge is 0.155 e. The Morgan fingerprint density at radius 2 is 2.12 bits per heavy atom. The van der Waals surface area contributed by atoms with E-state index in [4.69, 9.17) is 5.73 Å². The second-order valence-corrected chi connectivity index (χ2v) is 4.74. The van der Waals surface area contributed by atoms with Gasteiger partial charge in [0.1, 0.15) is 6.33 Å². The number of hydrogen-bond acceptors (Lipinski definition) is 4. The molecule has 88 valence electrons. The second kappa shape index (κ2) is 4.68. The molecule has 0 radical (unpaired) electrons. The third kappa shape index (κ3) is 2.10. The quantitative estimate of drug-likeness (QED) is 0.829. The Kier molecular flexibility index (Phi) is 3.27. The van der Waals surface area contributed by atoms with Crippen molar-refractivity contribution in [1.29, 1.82) is 0 Å². The van der Waals surface area contributed by atoms with Crippen LogP contribution in [0.2, 0.25) is 0 Å². The van der Waals surface area contributed by atoms with Crippen LogP contribution in [0.3, 0.4) is 0 Å². The first-order valence-corrected chi connectivity index (χ1v) is 5.98. The Labute approximate surface area is 96.9 Å². The SMILES string of the molecule is CC1CCCCC1N(C)c1ncncc1N. The van der Waals surface area contributed by atoms with Crippen LogP contribution in [0.15, 0.2) is 12.5 Å². The van der Waals surface area contributed by atoms with Crippen LogP contribution in [0.5, 0.6) is 0 Å². The summed E-state index contributed by atoms with van der Waals surface area (Å²) >= 11 is 0. The van der Waals surface area contributed by atoms with Crippen LogP contribution >= 0.6 is 0 Å². The highest BCUT2D eigenvalue weighted by atomic mass is 15.2. The number of anilines is 2. The summed E-state index contributed by atoms with van der Waals surface area (Å²) in [5.41, 5.74) is 6.58. The van der Waals surface area contributed by atoms with Gasteiger partial charge in [-0.2, -0.15) is 0 Å². The summed E-state index contributed by atoms with van der Waals surface area (Å²) < 4.78 is 0. The highest BCUT2D eigenvalue weighted by Gasteiger charge is 2.26. The monoisotopic (exact) mass is 220 g/mol. The molecule has 1 fully saturated rings. The topological polar surface area (TPSA) is 55.0 Å². The molecular weight excluding hydrogens is 200 g/mol. The van der Waals surface area contributed by atoms with E-state index in [9.17, 15) is 0 Å². The van der Waals surface area contributed by atoms with Crippen LogP contribution in [-0.4, -0.2) is 23.1 Å². The van der Waals surface area contributed by atoms with Crippen molar-refractivity contribution in [2.75, 3.05) is 17.7 Å². The number of aromatic nitrogens is 2. The van der Waals surface area contributed by atoms with E-state index in [0.29, 0.717) is 17.6 Å². The maximum absolute atomic E-state index is 5.91. The molecule has 1 heterocycles. The molecule has 2 rings (SSSR count). The number of nitrogen functional groups attached to an aromatic ring is 1. The first kappa shape index (κ1) is 11.2. The molecule has 2 N–H and O–H groups in total. The van der Waals surface area contributed by atoms with Crippen molar-refractivity contribution in [3.8, 4) is 0 Å². The minimum Gasteiger partial charge on any atom is -0.394 e. The van der Waals surface area contributed by atoms with Crippen molar-refractivity contribution < 1.29 is 0 Å². The molecule has 4 heteroatoms. The van der Waals surface area contributed by atoms with Crippen molar-refractivity contribution in [3.63, 3.8) is 0 Å². The van der Waals surface area contributed by atoms with E-state index in [1.54, 1.807) is 12.5 Å². The Bertz CT molecular complexity index is 353. The van der Waals surface area contributed by atoms with E-state index < -0.39 is 0 Å². The van der Waals surface area contributed by atoms with Crippen LogP contribution < -0.4 is 10.6 Å². The van der Waals surface area contributed by atoms with E-state index >= 15 is 0 Å². The Hall–Kier alpha value is -1.32. The summed E-state index contributed by atoms with van der Waals surface area (Å²) in [5, 5.41) is 0. The van der Waals surface area contributed by atoms with Crippen molar-refractivity contribution in [3.05, 3.63) is 12.5 Å². The molecule has 16 heavy (non-hydrogen) atoms. The van der Waals surface area contributed by atoms with Crippen molar-refractivity contribution in [2.45, 2.75) is 38.6 Å². The van der Waals surface area contributed by atoms with Crippen LogP contribution in [0.25, 0.3) is 0 Å². The highest BCUT2D eigenvalue weighted by molar-refractivity contribution is 5.61. The predicted molar refractivity (Wildman–Crippen MR) is 66.3 cm³/mol. The van der Waals surface area contributed by atoms with Crippen LogP contribution in [-0.2, 0) is 0 Å². The lowest BCUT2D eigenvalue weighted by Crippen LogP contribution is -2.39. The molecular formula is C12H20N4. The highest BCUT2D eigenvalue weighted by Crippen LogP contribution is 2.31. The summed E-state index contributed by atoms with van der Waals surface area (Å²) in [6.07, 6.45) is 8.44. The minimum atomic E-state index is 0.561. The maximum Gasteiger partial charge on any atom is 0.155 e. The molecule has 0 aromatic carbocycles. The van der Waals surface area contributed by atoms with Gasteiger partial charge < -0.3 is 10.6 Å². The molecule has 2 unspecified atom stereocenters. The van der Waals surface area contributed by atoms with E-state index in [2.05, 4.69) is 28.8 Å². The van der Waals surface area contributed by atoms with Gasteiger partial charge >= 0.3 is 0 Å². The zero-order valence-corrected chi connectivity index (χ0v) is 10.1. The fourth-order valence-corrected chi connectivity index (χ4v) is 2.66. The van der Waals surface area contributed by atoms with Crippen molar-refractivity contribution in [1.82, 2.24) is 9.97 Å². The van der Waals surface area contributed by atoms with Crippen molar-refractivity contribution in [2.24, 2.45) is 5.92 Å². The molecule has 1 aliphatic carbocycles. The van der Waals surface area contributed by atoms with Gasteiger partial charge in [-0.1, -0.05) is 19.8 Å². The minimum absolute atomic E-state index is 0.561. The Morgan fingerprint density at radius 3 is 2.81 bits per heavy atom. The van der Waals surface area contributed by atoms with Gasteiger partial charge in [0.2, 0.25) is 0 Å². The second-order valence-electron chi connectivity index (χ2n) is 4.74. The Balaban J connectivity index is 2.17. The van der Waals surface area contributed by atoms with E-state index in [-0.39, 0.29) is 0 Å². The van der Waals surface area contributed by atoms with Gasteiger partial charge in [0, 0.05) is 13.1 Å². The van der Waals surface area contributed by atoms with E-state index in [0.717, 1.165) is 5.82 Å². The lowest BCUT2D eigenvalue weighted by molar-refractivity contribution is 0.321. The van der Waals surface area contributed by atoms with Gasteiger partial charge in [0.05, 0.1) is 11.9 Å². The first-order valence-electron chi connectivity index (χ1n) is 5.98.